The van der Waals surface area contributed by atoms with E-state index in [0.29, 0.717) is 17.9 Å². The van der Waals surface area contributed by atoms with E-state index in [1.807, 2.05) is 0 Å². The molecule has 5 heteroatoms. The molecule has 0 heterocycles. The van der Waals surface area contributed by atoms with Crippen molar-refractivity contribution in [3.63, 3.8) is 0 Å². The van der Waals surface area contributed by atoms with E-state index in [0.717, 1.165) is 6.29 Å². The quantitative estimate of drug-likeness (QED) is 0.430. The molecule has 2 atom stereocenters. The third-order valence-corrected chi connectivity index (χ3v) is 2.99. The number of ether oxygens (including phenoxy) is 2. The van der Waals surface area contributed by atoms with Gasteiger partial charge in [0, 0.05) is 11.6 Å². The maximum absolute atomic E-state index is 12.0. The van der Waals surface area contributed by atoms with Crippen LogP contribution in [0.2, 0.25) is 0 Å². The smallest absolute Gasteiger partial charge is 0.329 e. The van der Waals surface area contributed by atoms with E-state index in [9.17, 15) is 9.59 Å². The molecule has 0 fully saturated rings. The van der Waals surface area contributed by atoms with Crippen molar-refractivity contribution >= 4 is 17.9 Å². The predicted molar refractivity (Wildman–Crippen MR) is 81.4 cm³/mol. The average Bonchev–Trinajstić information content (AvgIpc) is 2.51. The van der Waals surface area contributed by atoms with Crippen molar-refractivity contribution in [1.82, 2.24) is 0 Å². The highest BCUT2D eigenvalue weighted by molar-refractivity contribution is 5.83. The Morgan fingerprint density at radius 3 is 2.52 bits per heavy atom. The highest BCUT2D eigenvalue weighted by Gasteiger charge is 2.28. The number of carbonyl (C=O) groups excluding carboxylic acids is 2. The van der Waals surface area contributed by atoms with Crippen molar-refractivity contribution in [3.05, 3.63) is 36.9 Å². The molecule has 5 nitrogen and oxygen atoms in total. The van der Waals surface area contributed by atoms with Gasteiger partial charge in [0.25, 0.3) is 0 Å². The minimum absolute atomic E-state index is 0.263. The number of hydrogen-bond acceptors (Lipinski definition) is 5. The van der Waals surface area contributed by atoms with Crippen LogP contribution >= 0.6 is 0 Å². The minimum atomic E-state index is -0.742. The van der Waals surface area contributed by atoms with Gasteiger partial charge < -0.3 is 19.6 Å². The molecule has 21 heavy (non-hydrogen) atoms. The zero-order valence-electron chi connectivity index (χ0n) is 12.4. The van der Waals surface area contributed by atoms with E-state index in [4.69, 9.17) is 9.47 Å². The summed E-state index contributed by atoms with van der Waals surface area (Å²) in [5.41, 5.74) is 0.713. The van der Waals surface area contributed by atoms with Gasteiger partial charge in [0.15, 0.2) is 0 Å². The van der Waals surface area contributed by atoms with Crippen LogP contribution in [0.5, 0.6) is 5.75 Å². The molecule has 0 aliphatic carbocycles. The largest absolute Gasteiger partial charge is 0.497 e. The third-order valence-electron chi connectivity index (χ3n) is 2.99. The summed E-state index contributed by atoms with van der Waals surface area (Å²) in [5, 5.41) is 3.04. The maximum Gasteiger partial charge on any atom is 0.329 e. The van der Waals surface area contributed by atoms with Gasteiger partial charge in [0.2, 0.25) is 0 Å². The van der Waals surface area contributed by atoms with Crippen molar-refractivity contribution in [2.75, 3.05) is 19.0 Å². The molecule has 0 saturated heterocycles. The average molecular weight is 291 g/mol. The van der Waals surface area contributed by atoms with Gasteiger partial charge >= 0.3 is 5.97 Å². The van der Waals surface area contributed by atoms with Gasteiger partial charge in [-0.25, -0.2) is 4.79 Å². The first-order valence-electron chi connectivity index (χ1n) is 6.79. The zero-order chi connectivity index (χ0) is 15.7. The zero-order valence-corrected chi connectivity index (χ0v) is 12.4. The van der Waals surface area contributed by atoms with Crippen molar-refractivity contribution in [2.24, 2.45) is 5.92 Å². The Morgan fingerprint density at radius 1 is 1.38 bits per heavy atom. The molecule has 0 saturated carbocycles. The fourth-order valence-electron chi connectivity index (χ4n) is 1.90. The summed E-state index contributed by atoms with van der Waals surface area (Å²) in [6, 6.07) is 6.36. The lowest BCUT2D eigenvalue weighted by Crippen LogP contribution is -2.39. The molecule has 0 amide bonds. The number of allylic oxidation sites excluding steroid dienone is 1. The Morgan fingerprint density at radius 2 is 2.05 bits per heavy atom. The lowest BCUT2D eigenvalue weighted by atomic mass is 9.97. The number of methoxy groups -OCH3 is 1. The summed E-state index contributed by atoms with van der Waals surface area (Å²) < 4.78 is 10.1. The highest BCUT2D eigenvalue weighted by atomic mass is 16.5. The van der Waals surface area contributed by atoms with Gasteiger partial charge in [-0.15, -0.1) is 6.58 Å². The van der Waals surface area contributed by atoms with E-state index in [2.05, 4.69) is 11.9 Å². The van der Waals surface area contributed by atoms with E-state index < -0.39 is 17.9 Å². The summed E-state index contributed by atoms with van der Waals surface area (Å²) in [6.07, 6.45) is 2.76. The Labute approximate surface area is 124 Å². The summed E-state index contributed by atoms with van der Waals surface area (Å²) in [7, 11) is 1.58. The van der Waals surface area contributed by atoms with Crippen LogP contribution in [0.3, 0.4) is 0 Å². The first-order valence-corrected chi connectivity index (χ1v) is 6.79. The van der Waals surface area contributed by atoms with Crippen molar-refractivity contribution in [1.29, 1.82) is 0 Å². The van der Waals surface area contributed by atoms with Gasteiger partial charge in [-0.1, -0.05) is 6.08 Å². The first-order chi connectivity index (χ1) is 10.2. The number of nitrogens with one attached hydrogen (secondary N) is 1. The number of carbonyl (C=O) groups is 2. The topological polar surface area (TPSA) is 64.6 Å². The van der Waals surface area contributed by atoms with E-state index in [-0.39, 0.29) is 6.61 Å². The summed E-state index contributed by atoms with van der Waals surface area (Å²) in [4.78, 5) is 23.3. The van der Waals surface area contributed by atoms with E-state index >= 15 is 0 Å². The molecule has 1 rings (SSSR count). The molecule has 1 N–H and O–H groups in total. The predicted octanol–water partition coefficient (Wildman–Crippen LogP) is 2.43. The molecule has 1 aromatic carbocycles. The molecule has 0 unspecified atom stereocenters. The fraction of sp³-hybridized carbons (Fsp3) is 0.375. The fourth-order valence-corrected chi connectivity index (χ4v) is 1.90. The summed E-state index contributed by atoms with van der Waals surface area (Å²) >= 11 is 0. The second-order valence-electron chi connectivity index (χ2n) is 4.43. The van der Waals surface area contributed by atoms with Crippen LogP contribution in [0.4, 0.5) is 5.69 Å². The molecule has 114 valence electrons. The van der Waals surface area contributed by atoms with Crippen LogP contribution in [-0.4, -0.2) is 32.0 Å². The molecular weight excluding hydrogens is 270 g/mol. The lowest BCUT2D eigenvalue weighted by Gasteiger charge is -2.22. The van der Waals surface area contributed by atoms with Gasteiger partial charge in [0.1, 0.15) is 18.1 Å². The highest BCUT2D eigenvalue weighted by Crippen LogP contribution is 2.19. The van der Waals surface area contributed by atoms with Gasteiger partial charge in [-0.05, 0) is 37.6 Å². The number of hydrogen-bond donors (Lipinski definition) is 1. The Hall–Kier alpha value is -2.30. The first kappa shape index (κ1) is 16.8. The van der Waals surface area contributed by atoms with E-state index in [1.54, 1.807) is 44.4 Å². The Balaban J connectivity index is 2.91. The number of esters is 1. The van der Waals surface area contributed by atoms with Crippen LogP contribution < -0.4 is 10.1 Å². The van der Waals surface area contributed by atoms with E-state index in [1.165, 1.54) is 0 Å². The minimum Gasteiger partial charge on any atom is -0.497 e. The number of anilines is 1. The van der Waals surface area contributed by atoms with Gasteiger partial charge in [0.05, 0.1) is 13.7 Å². The standard InChI is InChI=1S/C16H21NO4/c1-4-6-12(11-18)15(16(19)21-5-2)17-13-7-9-14(20-3)10-8-13/h4,7-12,15,17H,1,5-6H2,2-3H3/t12-,15-/m0/s1. The maximum atomic E-state index is 12.0. The van der Waals surface area contributed by atoms with Crippen LogP contribution in [0, 0.1) is 5.92 Å². The molecule has 1 aromatic rings. The van der Waals surface area contributed by atoms with Crippen molar-refractivity contribution in [2.45, 2.75) is 19.4 Å². The van der Waals surface area contributed by atoms with Crippen LogP contribution in [0.25, 0.3) is 0 Å². The second kappa shape index (κ2) is 8.79. The van der Waals surface area contributed by atoms with Gasteiger partial charge in [-0.3, -0.25) is 0 Å². The van der Waals surface area contributed by atoms with Crippen LogP contribution in [-0.2, 0) is 14.3 Å². The third kappa shape index (κ3) is 4.95. The Kier molecular flexibility index (Phi) is 7.01. The monoisotopic (exact) mass is 291 g/mol. The summed E-state index contributed by atoms with van der Waals surface area (Å²) in [5.74, 6) is -0.262. The van der Waals surface area contributed by atoms with Crippen LogP contribution in [0.1, 0.15) is 13.3 Å². The van der Waals surface area contributed by atoms with Crippen molar-refractivity contribution < 1.29 is 19.1 Å². The summed E-state index contributed by atoms with van der Waals surface area (Å²) in [6.45, 7) is 5.60. The number of aldehydes is 1. The number of rotatable bonds is 9. The van der Waals surface area contributed by atoms with Crippen LogP contribution in [0.15, 0.2) is 36.9 Å². The molecule has 0 aliphatic heterocycles. The SMILES string of the molecule is C=CC[C@@H](C=O)[C@H](Nc1ccc(OC)cc1)C(=O)OCC. The molecular formula is C16H21NO4. The molecule has 0 aliphatic rings. The number of benzene rings is 1. The molecule has 0 radical (unpaired) electrons. The molecule has 0 spiro atoms. The van der Waals surface area contributed by atoms with Crippen molar-refractivity contribution in [3.8, 4) is 5.75 Å². The lowest BCUT2D eigenvalue weighted by molar-refractivity contribution is -0.146. The second-order valence-corrected chi connectivity index (χ2v) is 4.43. The Bertz CT molecular complexity index is 470. The van der Waals surface area contributed by atoms with Gasteiger partial charge in [-0.2, -0.15) is 0 Å². The normalized spacial score (nSPS) is 12.9. The molecule has 0 aromatic heterocycles. The molecule has 0 bridgehead atoms.